The van der Waals surface area contributed by atoms with Gasteiger partial charge in [0.25, 0.3) is 5.91 Å². The minimum Gasteiger partial charge on any atom is -0.481 e. The molecule has 3 amide bonds. The average molecular weight is 395 g/mol. The molecule has 7 nitrogen and oxygen atoms in total. The first kappa shape index (κ1) is 20.4. The van der Waals surface area contributed by atoms with Crippen LogP contribution in [0.25, 0.3) is 0 Å². The number of carboxylic acids is 1. The van der Waals surface area contributed by atoms with E-state index >= 15 is 0 Å². The number of aryl methyl sites for hydroxylation is 1. The molecule has 7 heteroatoms. The van der Waals surface area contributed by atoms with Crippen molar-refractivity contribution in [1.82, 2.24) is 15.5 Å². The van der Waals surface area contributed by atoms with Gasteiger partial charge >= 0.3 is 12.0 Å². The molecule has 0 bridgehead atoms. The number of rotatable bonds is 6. The summed E-state index contributed by atoms with van der Waals surface area (Å²) in [5, 5.41) is 14.7. The molecule has 1 saturated heterocycles. The van der Waals surface area contributed by atoms with Crippen molar-refractivity contribution in [1.29, 1.82) is 0 Å². The number of likely N-dealkylation sites (tertiary alicyclic amines) is 1. The van der Waals surface area contributed by atoms with Crippen molar-refractivity contribution in [2.75, 3.05) is 13.1 Å². The number of carbonyl (C=O) groups is 3. The highest BCUT2D eigenvalue weighted by Gasteiger charge is 2.30. The maximum Gasteiger partial charge on any atom is 0.317 e. The third kappa shape index (κ3) is 5.57. The number of benzene rings is 2. The predicted octanol–water partition coefficient (Wildman–Crippen LogP) is 2.54. The Kier molecular flexibility index (Phi) is 6.49. The summed E-state index contributed by atoms with van der Waals surface area (Å²) >= 11 is 0. The summed E-state index contributed by atoms with van der Waals surface area (Å²) in [6, 6.07) is 14.8. The quantitative estimate of drug-likeness (QED) is 0.700. The normalized spacial score (nSPS) is 15.8. The zero-order valence-corrected chi connectivity index (χ0v) is 16.4. The Morgan fingerprint density at radius 3 is 2.45 bits per heavy atom. The van der Waals surface area contributed by atoms with Crippen molar-refractivity contribution >= 4 is 17.9 Å². The molecule has 0 saturated carbocycles. The standard InChI is InChI=1S/C22H25N3O4/c1-15-5-7-16(8-6-15)12-23-20(26)18-4-2-3-17(11-18)13-24-22(29)25-10-9-19(14-25)21(27)28/h2-8,11,19H,9-10,12-14H2,1H3,(H,23,26)(H,24,29)(H,27,28). The largest absolute Gasteiger partial charge is 0.481 e. The molecule has 29 heavy (non-hydrogen) atoms. The number of nitrogens with zero attached hydrogens (tertiary/aromatic N) is 1. The SMILES string of the molecule is Cc1ccc(CNC(=O)c2cccc(CNC(=O)N3CCC(C(=O)O)C3)c2)cc1. The molecule has 1 unspecified atom stereocenters. The summed E-state index contributed by atoms with van der Waals surface area (Å²) in [5.41, 5.74) is 3.52. The van der Waals surface area contributed by atoms with Crippen LogP contribution in [0.15, 0.2) is 48.5 Å². The molecule has 1 fully saturated rings. The molecule has 0 radical (unpaired) electrons. The van der Waals surface area contributed by atoms with Crippen molar-refractivity contribution in [3.05, 3.63) is 70.8 Å². The monoisotopic (exact) mass is 395 g/mol. The Morgan fingerprint density at radius 2 is 1.76 bits per heavy atom. The Hall–Kier alpha value is -3.35. The van der Waals surface area contributed by atoms with Gasteiger partial charge in [-0.05, 0) is 36.6 Å². The van der Waals surface area contributed by atoms with Crippen molar-refractivity contribution in [2.24, 2.45) is 5.92 Å². The zero-order valence-electron chi connectivity index (χ0n) is 16.4. The summed E-state index contributed by atoms with van der Waals surface area (Å²) in [5.74, 6) is -1.55. The van der Waals surface area contributed by atoms with E-state index < -0.39 is 11.9 Å². The summed E-state index contributed by atoms with van der Waals surface area (Å²) in [4.78, 5) is 37.2. The molecule has 1 heterocycles. The smallest absolute Gasteiger partial charge is 0.317 e. The number of hydrogen-bond donors (Lipinski definition) is 3. The minimum absolute atomic E-state index is 0.178. The van der Waals surface area contributed by atoms with Crippen molar-refractivity contribution in [3.63, 3.8) is 0 Å². The second kappa shape index (κ2) is 9.23. The molecule has 2 aromatic carbocycles. The van der Waals surface area contributed by atoms with Gasteiger partial charge in [-0.2, -0.15) is 0 Å². The highest BCUT2D eigenvalue weighted by Crippen LogP contribution is 2.16. The van der Waals surface area contributed by atoms with Crippen molar-refractivity contribution < 1.29 is 19.5 Å². The van der Waals surface area contributed by atoms with Gasteiger partial charge < -0.3 is 20.6 Å². The molecule has 152 valence electrons. The molecular formula is C22H25N3O4. The van der Waals surface area contributed by atoms with Crippen molar-refractivity contribution in [3.8, 4) is 0 Å². The topological polar surface area (TPSA) is 98.7 Å². The van der Waals surface area contributed by atoms with Crippen LogP contribution in [-0.2, 0) is 17.9 Å². The average Bonchev–Trinajstić information content (AvgIpc) is 3.22. The Morgan fingerprint density at radius 1 is 1.03 bits per heavy atom. The van der Waals surface area contributed by atoms with Gasteiger partial charge in [-0.3, -0.25) is 9.59 Å². The van der Waals surface area contributed by atoms with Crippen LogP contribution in [-0.4, -0.2) is 41.0 Å². The molecule has 3 N–H and O–H groups in total. The van der Waals surface area contributed by atoms with E-state index in [4.69, 9.17) is 5.11 Å². The first-order valence-electron chi connectivity index (χ1n) is 9.60. The van der Waals surface area contributed by atoms with E-state index in [0.29, 0.717) is 25.1 Å². The lowest BCUT2D eigenvalue weighted by atomic mass is 10.1. The fourth-order valence-corrected chi connectivity index (χ4v) is 3.25. The molecule has 3 rings (SSSR count). The maximum absolute atomic E-state index is 12.4. The highest BCUT2D eigenvalue weighted by molar-refractivity contribution is 5.94. The minimum atomic E-state index is -0.871. The number of urea groups is 1. The Bertz CT molecular complexity index is 895. The molecule has 1 atom stereocenters. The van der Waals surface area contributed by atoms with Gasteiger partial charge in [0.1, 0.15) is 0 Å². The molecule has 0 spiro atoms. The first-order valence-corrected chi connectivity index (χ1v) is 9.60. The van der Waals surface area contributed by atoms with E-state index in [-0.39, 0.29) is 25.0 Å². The summed E-state index contributed by atoms with van der Waals surface area (Å²) in [6.07, 6.45) is 0.472. The van der Waals surface area contributed by atoms with E-state index in [1.165, 1.54) is 10.5 Å². The van der Waals surface area contributed by atoms with E-state index in [0.717, 1.165) is 11.1 Å². The van der Waals surface area contributed by atoms with E-state index in [9.17, 15) is 14.4 Å². The number of amides is 3. The fourth-order valence-electron chi connectivity index (χ4n) is 3.25. The highest BCUT2D eigenvalue weighted by atomic mass is 16.4. The molecule has 0 aromatic heterocycles. The third-order valence-corrected chi connectivity index (χ3v) is 5.03. The number of nitrogens with one attached hydrogen (secondary N) is 2. The molecule has 1 aliphatic rings. The summed E-state index contributed by atoms with van der Waals surface area (Å²) < 4.78 is 0. The zero-order chi connectivity index (χ0) is 20.8. The van der Waals surface area contributed by atoms with Gasteiger partial charge in [-0.15, -0.1) is 0 Å². The van der Waals surface area contributed by atoms with Gasteiger partial charge in [-0.1, -0.05) is 42.0 Å². The van der Waals surface area contributed by atoms with Crippen LogP contribution in [0.5, 0.6) is 0 Å². The first-order chi connectivity index (χ1) is 13.9. The number of carbonyl (C=O) groups excluding carboxylic acids is 2. The molecule has 1 aliphatic heterocycles. The van der Waals surface area contributed by atoms with E-state index in [2.05, 4.69) is 10.6 Å². The second-order valence-electron chi connectivity index (χ2n) is 7.30. The van der Waals surface area contributed by atoms with Crippen LogP contribution in [0.4, 0.5) is 4.79 Å². The lowest BCUT2D eigenvalue weighted by molar-refractivity contribution is -0.141. The van der Waals surface area contributed by atoms with Gasteiger partial charge in [-0.25, -0.2) is 4.79 Å². The van der Waals surface area contributed by atoms with Gasteiger partial charge in [0, 0.05) is 31.7 Å². The van der Waals surface area contributed by atoms with Gasteiger partial charge in [0.2, 0.25) is 0 Å². The molecular weight excluding hydrogens is 370 g/mol. The second-order valence-corrected chi connectivity index (χ2v) is 7.30. The number of hydrogen-bond acceptors (Lipinski definition) is 3. The Balaban J connectivity index is 1.51. The summed E-state index contributed by atoms with van der Waals surface area (Å²) in [7, 11) is 0. The number of carboxylic acid groups (broad SMARTS) is 1. The van der Waals surface area contributed by atoms with Crippen molar-refractivity contribution in [2.45, 2.75) is 26.4 Å². The molecule has 0 aliphatic carbocycles. The Labute approximate surface area is 169 Å². The van der Waals surface area contributed by atoms with Crippen LogP contribution in [0.2, 0.25) is 0 Å². The molecule has 2 aromatic rings. The van der Waals surface area contributed by atoms with Crippen LogP contribution in [0.3, 0.4) is 0 Å². The predicted molar refractivity (Wildman–Crippen MR) is 108 cm³/mol. The third-order valence-electron chi connectivity index (χ3n) is 5.03. The van der Waals surface area contributed by atoms with Crippen LogP contribution in [0.1, 0.15) is 33.5 Å². The van der Waals surface area contributed by atoms with E-state index in [1.807, 2.05) is 37.3 Å². The van der Waals surface area contributed by atoms with Crippen LogP contribution in [0, 0.1) is 12.8 Å². The summed E-state index contributed by atoms with van der Waals surface area (Å²) in [6.45, 7) is 3.39. The lowest BCUT2D eigenvalue weighted by Gasteiger charge is -2.17. The van der Waals surface area contributed by atoms with Gasteiger partial charge in [0.05, 0.1) is 5.92 Å². The maximum atomic E-state index is 12.4. The van der Waals surface area contributed by atoms with E-state index in [1.54, 1.807) is 18.2 Å². The van der Waals surface area contributed by atoms with Crippen LogP contribution >= 0.6 is 0 Å². The van der Waals surface area contributed by atoms with Gasteiger partial charge in [0.15, 0.2) is 0 Å². The lowest BCUT2D eigenvalue weighted by Crippen LogP contribution is -2.38. The number of aliphatic carboxylic acids is 1. The van der Waals surface area contributed by atoms with Crippen LogP contribution < -0.4 is 10.6 Å². The fraction of sp³-hybridized carbons (Fsp3) is 0.318.